The van der Waals surface area contributed by atoms with E-state index in [1.165, 1.54) is 0 Å². The van der Waals surface area contributed by atoms with Crippen LogP contribution in [0.5, 0.6) is 0 Å². The predicted octanol–water partition coefficient (Wildman–Crippen LogP) is 2.39. The lowest BCUT2D eigenvalue weighted by Crippen LogP contribution is -1.81. The Morgan fingerprint density at radius 2 is 2.50 bits per heavy atom. The van der Waals surface area contributed by atoms with Gasteiger partial charge in [-0.2, -0.15) is 0 Å². The zero-order valence-electron chi connectivity index (χ0n) is 3.95. The van der Waals surface area contributed by atoms with Crippen molar-refractivity contribution in [3.8, 4) is 0 Å². The fourth-order valence-corrected chi connectivity index (χ4v) is 0.589. The Bertz CT molecular complexity index is 39.2. The quantitative estimate of drug-likeness (QED) is 0.361. The van der Waals surface area contributed by atoms with Crippen LogP contribution >= 0.6 is 22.6 Å². The molecule has 0 aliphatic carbocycles. The lowest BCUT2D eigenvalue weighted by atomic mass is 10.3. The van der Waals surface area contributed by atoms with Crippen LogP contribution in [0.15, 0.2) is 12.7 Å². The van der Waals surface area contributed by atoms with E-state index in [1.54, 1.807) is 0 Å². The molecule has 0 saturated heterocycles. The van der Waals surface area contributed by atoms with Crippen molar-refractivity contribution in [2.45, 2.75) is 17.3 Å². The summed E-state index contributed by atoms with van der Waals surface area (Å²) in [6, 6.07) is 0. The fourth-order valence-electron chi connectivity index (χ4n) is 0.230. The Hall–Kier alpha value is 0.470. The number of rotatable bonds is 2. The summed E-state index contributed by atoms with van der Waals surface area (Å²) in [5.41, 5.74) is 0. The number of allylic oxidation sites excluding steroid dienone is 1. The summed E-state index contributed by atoms with van der Waals surface area (Å²) in [7, 11) is 0. The third-order valence-corrected chi connectivity index (χ3v) is 1.000. The van der Waals surface area contributed by atoms with Gasteiger partial charge in [0.1, 0.15) is 0 Å². The molecule has 1 atom stereocenters. The molecule has 0 aliphatic heterocycles. The maximum Gasteiger partial charge on any atom is 0.0116 e. The van der Waals surface area contributed by atoms with Gasteiger partial charge in [0.05, 0.1) is 0 Å². The van der Waals surface area contributed by atoms with Gasteiger partial charge < -0.3 is 0 Å². The van der Waals surface area contributed by atoms with Crippen molar-refractivity contribution in [3.05, 3.63) is 12.7 Å². The highest BCUT2D eigenvalue weighted by molar-refractivity contribution is 14.1. The Morgan fingerprint density at radius 1 is 2.00 bits per heavy atom. The van der Waals surface area contributed by atoms with Crippen LogP contribution in [0.2, 0.25) is 0 Å². The summed E-state index contributed by atoms with van der Waals surface area (Å²) in [6.07, 6.45) is 3.07. The van der Waals surface area contributed by atoms with Gasteiger partial charge in [-0.05, 0) is 6.42 Å². The largest absolute Gasteiger partial charge is 0.103 e. The van der Waals surface area contributed by atoms with E-state index < -0.39 is 0 Å². The van der Waals surface area contributed by atoms with Gasteiger partial charge in [0.25, 0.3) is 0 Å². The van der Waals surface area contributed by atoms with Crippen LogP contribution in [0, 0.1) is 0 Å². The minimum absolute atomic E-state index is 0.750. The smallest absolute Gasteiger partial charge is 0.0116 e. The van der Waals surface area contributed by atoms with E-state index in [4.69, 9.17) is 0 Å². The second kappa shape index (κ2) is 3.65. The Labute approximate surface area is 52.8 Å². The first-order chi connectivity index (χ1) is 2.77. The van der Waals surface area contributed by atoms with E-state index >= 15 is 0 Å². The summed E-state index contributed by atoms with van der Waals surface area (Å²) in [4.78, 5) is 0. The van der Waals surface area contributed by atoms with Gasteiger partial charge in [-0.1, -0.05) is 35.6 Å². The number of hydrogen-bond donors (Lipinski definition) is 0. The van der Waals surface area contributed by atoms with Crippen LogP contribution in [0.3, 0.4) is 0 Å². The molecular weight excluding hydrogens is 187 g/mol. The first-order valence-electron chi connectivity index (χ1n) is 2.02. The maximum atomic E-state index is 3.60. The standard InChI is InChI=1S/C5H9I/c1-3-4-5(2)6/h3,5H,1,4H2,2H3/t5-/m1/s1. The normalized spacial score (nSPS) is 13.7. The first kappa shape index (κ1) is 6.47. The Morgan fingerprint density at radius 3 is 2.50 bits per heavy atom. The monoisotopic (exact) mass is 196 g/mol. The molecule has 0 aromatic rings. The van der Waals surface area contributed by atoms with Crippen molar-refractivity contribution in [3.63, 3.8) is 0 Å². The highest BCUT2D eigenvalue weighted by Gasteiger charge is 1.85. The van der Waals surface area contributed by atoms with E-state index in [9.17, 15) is 0 Å². The predicted molar refractivity (Wildman–Crippen MR) is 38.3 cm³/mol. The van der Waals surface area contributed by atoms with Crippen molar-refractivity contribution in [2.24, 2.45) is 0 Å². The minimum atomic E-state index is 0.750. The average Bonchev–Trinajstić information content (AvgIpc) is 1.35. The van der Waals surface area contributed by atoms with Gasteiger partial charge >= 0.3 is 0 Å². The highest BCUT2D eigenvalue weighted by Crippen LogP contribution is 2.02. The van der Waals surface area contributed by atoms with Crippen LogP contribution in [0.1, 0.15) is 13.3 Å². The summed E-state index contributed by atoms with van der Waals surface area (Å²) >= 11 is 2.37. The minimum Gasteiger partial charge on any atom is -0.103 e. The van der Waals surface area contributed by atoms with Gasteiger partial charge in [-0.3, -0.25) is 0 Å². The van der Waals surface area contributed by atoms with Crippen molar-refractivity contribution in [1.82, 2.24) is 0 Å². The molecule has 0 rings (SSSR count). The summed E-state index contributed by atoms with van der Waals surface area (Å²) in [6.45, 7) is 5.76. The lowest BCUT2D eigenvalue weighted by Gasteiger charge is -1.90. The molecule has 6 heavy (non-hydrogen) atoms. The molecule has 0 aromatic carbocycles. The van der Waals surface area contributed by atoms with E-state index in [-0.39, 0.29) is 0 Å². The van der Waals surface area contributed by atoms with Gasteiger partial charge in [0.15, 0.2) is 0 Å². The van der Waals surface area contributed by atoms with Crippen LogP contribution in [-0.4, -0.2) is 3.92 Å². The molecule has 0 nitrogen and oxygen atoms in total. The van der Waals surface area contributed by atoms with Crippen LogP contribution in [-0.2, 0) is 0 Å². The van der Waals surface area contributed by atoms with Gasteiger partial charge in [-0.25, -0.2) is 0 Å². The number of alkyl halides is 1. The second-order valence-corrected chi connectivity index (χ2v) is 3.43. The van der Waals surface area contributed by atoms with Crippen LogP contribution < -0.4 is 0 Å². The molecule has 0 unspecified atom stereocenters. The zero-order valence-corrected chi connectivity index (χ0v) is 6.10. The average molecular weight is 196 g/mol. The van der Waals surface area contributed by atoms with E-state index in [2.05, 4.69) is 36.1 Å². The molecule has 0 N–H and O–H groups in total. The van der Waals surface area contributed by atoms with Crippen molar-refractivity contribution < 1.29 is 0 Å². The molecule has 0 fully saturated rings. The van der Waals surface area contributed by atoms with Crippen molar-refractivity contribution >= 4 is 22.6 Å². The zero-order chi connectivity index (χ0) is 4.99. The fraction of sp³-hybridized carbons (Fsp3) is 0.600. The first-order valence-corrected chi connectivity index (χ1v) is 3.27. The molecule has 0 aliphatic rings. The molecule has 0 heterocycles. The topological polar surface area (TPSA) is 0 Å². The molecule has 0 saturated carbocycles. The molecule has 0 aromatic heterocycles. The van der Waals surface area contributed by atoms with Crippen molar-refractivity contribution in [1.29, 1.82) is 0 Å². The summed E-state index contributed by atoms with van der Waals surface area (Å²) in [5.74, 6) is 0. The Kier molecular flexibility index (Phi) is 3.94. The lowest BCUT2D eigenvalue weighted by molar-refractivity contribution is 1.02. The molecule has 0 bridgehead atoms. The summed E-state index contributed by atoms with van der Waals surface area (Å²) < 4.78 is 0.750. The second-order valence-electron chi connectivity index (χ2n) is 1.31. The van der Waals surface area contributed by atoms with E-state index in [0.29, 0.717) is 0 Å². The number of halogens is 1. The molecule has 1 heteroatoms. The van der Waals surface area contributed by atoms with E-state index in [1.807, 2.05) is 6.08 Å². The van der Waals surface area contributed by atoms with Crippen molar-refractivity contribution in [2.75, 3.05) is 0 Å². The third kappa shape index (κ3) is 4.47. The van der Waals surface area contributed by atoms with Gasteiger partial charge in [0, 0.05) is 3.92 Å². The third-order valence-electron chi connectivity index (χ3n) is 0.491. The SMILES string of the molecule is C=CC[C@@H](C)I. The van der Waals surface area contributed by atoms with E-state index in [0.717, 1.165) is 10.3 Å². The Balaban J connectivity index is 2.81. The molecule has 0 radical (unpaired) electrons. The summed E-state index contributed by atoms with van der Waals surface area (Å²) in [5, 5.41) is 0. The van der Waals surface area contributed by atoms with Gasteiger partial charge in [0.2, 0.25) is 0 Å². The maximum absolute atomic E-state index is 3.60. The van der Waals surface area contributed by atoms with Crippen LogP contribution in [0.4, 0.5) is 0 Å². The van der Waals surface area contributed by atoms with Gasteiger partial charge in [-0.15, -0.1) is 6.58 Å². The van der Waals surface area contributed by atoms with Crippen LogP contribution in [0.25, 0.3) is 0 Å². The molecule has 0 spiro atoms. The highest BCUT2D eigenvalue weighted by atomic mass is 127. The number of hydrogen-bond acceptors (Lipinski definition) is 0. The molecular formula is C5H9I. The molecule has 36 valence electrons. The molecule has 0 amide bonds.